The molecule has 6 heteroatoms. The third-order valence-electron chi connectivity index (χ3n) is 5.03. The molecule has 150 valence electrons. The average molecular weight is 419 g/mol. The molecule has 0 radical (unpaired) electrons. The van der Waals surface area contributed by atoms with Crippen molar-refractivity contribution in [2.75, 3.05) is 0 Å². The first-order valence-electron chi connectivity index (χ1n) is 9.63. The van der Waals surface area contributed by atoms with E-state index >= 15 is 0 Å². The van der Waals surface area contributed by atoms with E-state index in [9.17, 15) is 9.59 Å². The van der Waals surface area contributed by atoms with Crippen LogP contribution in [0.2, 0.25) is 5.02 Å². The summed E-state index contributed by atoms with van der Waals surface area (Å²) in [5.74, 6) is -0.576. The van der Waals surface area contributed by atoms with Crippen molar-refractivity contribution >= 4 is 29.6 Å². The van der Waals surface area contributed by atoms with Crippen LogP contribution in [0.25, 0.3) is 0 Å². The van der Waals surface area contributed by atoms with Crippen LogP contribution >= 0.6 is 11.6 Å². The van der Waals surface area contributed by atoms with Gasteiger partial charge < -0.3 is 5.32 Å². The standard InChI is InChI=1S/C24H20ClN3O2/c1-16-8-7-12-18(14-16)23(29)26-21-22(17-9-3-2-4-10-17)28(27-24(21)30)15-19-11-5-6-13-20(19)25/h2-15,21-22H,1H3,(H-,26,27,29,30)/p+1/b28-15-/t21-,22+/m1/s1. The summed E-state index contributed by atoms with van der Waals surface area (Å²) < 4.78 is 1.71. The summed E-state index contributed by atoms with van der Waals surface area (Å²) in [7, 11) is 0. The van der Waals surface area contributed by atoms with Crippen molar-refractivity contribution in [3.8, 4) is 0 Å². The number of nitrogens with zero attached hydrogens (tertiary/aromatic N) is 1. The van der Waals surface area contributed by atoms with E-state index in [0.717, 1.165) is 16.7 Å². The highest BCUT2D eigenvalue weighted by Crippen LogP contribution is 2.26. The summed E-state index contributed by atoms with van der Waals surface area (Å²) in [6.45, 7) is 1.92. The number of aryl methyl sites for hydroxylation is 1. The number of hydrazine groups is 1. The van der Waals surface area contributed by atoms with Gasteiger partial charge in [-0.3, -0.25) is 9.59 Å². The largest absolute Gasteiger partial charge is 0.334 e. The van der Waals surface area contributed by atoms with E-state index in [1.54, 1.807) is 29.1 Å². The molecule has 5 nitrogen and oxygen atoms in total. The molecule has 0 aliphatic carbocycles. The lowest BCUT2D eigenvalue weighted by Gasteiger charge is -2.15. The smallest absolute Gasteiger partial charge is 0.304 e. The van der Waals surface area contributed by atoms with Crippen molar-refractivity contribution in [3.63, 3.8) is 0 Å². The van der Waals surface area contributed by atoms with Crippen molar-refractivity contribution in [1.82, 2.24) is 10.7 Å². The number of carbonyl (C=O) groups is 2. The fourth-order valence-corrected chi connectivity index (χ4v) is 3.76. The molecule has 3 aromatic carbocycles. The highest BCUT2D eigenvalue weighted by atomic mass is 35.5. The molecule has 1 saturated heterocycles. The minimum Gasteiger partial charge on any atom is -0.334 e. The van der Waals surface area contributed by atoms with Crippen LogP contribution in [0.1, 0.15) is 33.1 Å². The molecular formula is C24H21ClN3O2+. The molecule has 1 aliphatic heterocycles. The SMILES string of the molecule is Cc1cccc(C(=O)N[C@H]2C(=O)N/[N+](=C\c3ccccc3Cl)[C@H]2c2ccccc2)c1. The lowest BCUT2D eigenvalue weighted by molar-refractivity contribution is -0.596. The Kier molecular flexibility index (Phi) is 5.63. The monoisotopic (exact) mass is 418 g/mol. The van der Waals surface area contributed by atoms with Crippen LogP contribution in [0.3, 0.4) is 0 Å². The molecule has 2 amide bonds. The van der Waals surface area contributed by atoms with E-state index in [1.165, 1.54) is 0 Å². The molecule has 1 fully saturated rings. The molecule has 4 rings (SSSR count). The molecule has 0 spiro atoms. The summed E-state index contributed by atoms with van der Waals surface area (Å²) in [5.41, 5.74) is 6.02. The van der Waals surface area contributed by atoms with Gasteiger partial charge >= 0.3 is 5.91 Å². The van der Waals surface area contributed by atoms with Crippen LogP contribution in [0, 0.1) is 6.92 Å². The predicted molar refractivity (Wildman–Crippen MR) is 117 cm³/mol. The number of benzene rings is 3. The predicted octanol–water partition coefficient (Wildman–Crippen LogP) is 3.66. The van der Waals surface area contributed by atoms with Crippen LogP contribution in [-0.2, 0) is 4.79 Å². The normalized spacial score (nSPS) is 19.5. The van der Waals surface area contributed by atoms with Crippen LogP contribution in [0.15, 0.2) is 78.9 Å². The van der Waals surface area contributed by atoms with Crippen molar-refractivity contribution < 1.29 is 14.3 Å². The second-order valence-corrected chi connectivity index (χ2v) is 7.62. The van der Waals surface area contributed by atoms with E-state index in [2.05, 4.69) is 10.7 Å². The Morgan fingerprint density at radius 3 is 2.50 bits per heavy atom. The molecule has 0 bridgehead atoms. The molecule has 30 heavy (non-hydrogen) atoms. The molecule has 0 unspecified atom stereocenters. The summed E-state index contributed by atoms with van der Waals surface area (Å²) in [6.07, 6.45) is 1.79. The van der Waals surface area contributed by atoms with Crippen LogP contribution in [0.5, 0.6) is 0 Å². The maximum atomic E-state index is 12.9. The van der Waals surface area contributed by atoms with E-state index < -0.39 is 12.1 Å². The Morgan fingerprint density at radius 1 is 1.03 bits per heavy atom. The van der Waals surface area contributed by atoms with E-state index in [0.29, 0.717) is 10.6 Å². The van der Waals surface area contributed by atoms with Crippen molar-refractivity contribution in [2.45, 2.75) is 19.0 Å². The van der Waals surface area contributed by atoms with Crippen LogP contribution < -0.4 is 10.7 Å². The summed E-state index contributed by atoms with van der Waals surface area (Å²) in [5, 5.41) is 3.48. The fraction of sp³-hybridized carbons (Fsp3) is 0.125. The van der Waals surface area contributed by atoms with Gasteiger partial charge in [-0.1, -0.05) is 71.8 Å². The Labute approximate surface area is 180 Å². The zero-order valence-corrected chi connectivity index (χ0v) is 17.1. The molecule has 0 saturated carbocycles. The Hall–Kier alpha value is -3.44. The van der Waals surface area contributed by atoms with Gasteiger partial charge in [0.05, 0.1) is 10.6 Å². The quantitative estimate of drug-likeness (QED) is 0.635. The third kappa shape index (κ3) is 4.11. The topological polar surface area (TPSA) is 61.2 Å². The second-order valence-electron chi connectivity index (χ2n) is 7.21. The van der Waals surface area contributed by atoms with Gasteiger partial charge in [-0.25, -0.2) is 0 Å². The molecular weight excluding hydrogens is 398 g/mol. The molecule has 0 aromatic heterocycles. The van der Waals surface area contributed by atoms with Crippen molar-refractivity contribution in [1.29, 1.82) is 0 Å². The number of nitrogens with one attached hydrogen (secondary N) is 2. The van der Waals surface area contributed by atoms with E-state index in [4.69, 9.17) is 11.6 Å². The third-order valence-corrected chi connectivity index (χ3v) is 5.37. The van der Waals surface area contributed by atoms with Gasteiger partial charge in [0.15, 0.2) is 6.04 Å². The molecule has 1 aliphatic rings. The van der Waals surface area contributed by atoms with Gasteiger partial charge in [0.2, 0.25) is 12.3 Å². The Balaban J connectivity index is 1.71. The maximum Gasteiger partial charge on any atom is 0.304 e. The van der Waals surface area contributed by atoms with Gasteiger partial charge in [-0.2, -0.15) is 0 Å². The number of rotatable bonds is 4. The summed E-state index contributed by atoms with van der Waals surface area (Å²) >= 11 is 6.31. The number of carbonyl (C=O) groups excluding carboxylic acids is 2. The zero-order chi connectivity index (χ0) is 21.1. The summed E-state index contributed by atoms with van der Waals surface area (Å²) in [4.78, 5) is 25.7. The first kappa shape index (κ1) is 19.9. The van der Waals surface area contributed by atoms with E-state index in [1.807, 2.05) is 67.6 Å². The van der Waals surface area contributed by atoms with Crippen molar-refractivity contribution in [2.24, 2.45) is 0 Å². The highest BCUT2D eigenvalue weighted by molar-refractivity contribution is 6.32. The van der Waals surface area contributed by atoms with Crippen LogP contribution in [0.4, 0.5) is 0 Å². The lowest BCUT2D eigenvalue weighted by atomic mass is 9.99. The highest BCUT2D eigenvalue weighted by Gasteiger charge is 2.47. The zero-order valence-electron chi connectivity index (χ0n) is 16.4. The van der Waals surface area contributed by atoms with Crippen LogP contribution in [-0.4, -0.2) is 28.8 Å². The first-order valence-corrected chi connectivity index (χ1v) is 10.0. The van der Waals surface area contributed by atoms with Gasteiger partial charge in [0.1, 0.15) is 0 Å². The number of halogens is 1. The molecule has 3 aromatic rings. The maximum absolute atomic E-state index is 12.9. The number of hydrogen-bond acceptors (Lipinski definition) is 2. The van der Waals surface area contributed by atoms with E-state index in [-0.39, 0.29) is 11.8 Å². The average Bonchev–Trinajstić information content (AvgIpc) is 3.05. The summed E-state index contributed by atoms with van der Waals surface area (Å²) in [6, 6.07) is 23.1. The Bertz CT molecular complexity index is 1130. The number of amides is 2. The minimum absolute atomic E-state index is 0.284. The second kappa shape index (κ2) is 8.51. The fourth-order valence-electron chi connectivity index (χ4n) is 3.57. The lowest BCUT2D eigenvalue weighted by Crippen LogP contribution is -2.42. The minimum atomic E-state index is -0.765. The number of hydrogen-bond donors (Lipinski definition) is 2. The van der Waals surface area contributed by atoms with Crippen molar-refractivity contribution in [3.05, 3.63) is 106 Å². The van der Waals surface area contributed by atoms with Gasteiger partial charge in [0.25, 0.3) is 5.91 Å². The Morgan fingerprint density at radius 2 is 1.77 bits per heavy atom. The van der Waals surface area contributed by atoms with Gasteiger partial charge in [0, 0.05) is 11.1 Å². The van der Waals surface area contributed by atoms with Gasteiger partial charge in [-0.05, 0) is 31.2 Å². The molecule has 2 atom stereocenters. The van der Waals surface area contributed by atoms with Gasteiger partial charge in [-0.15, -0.1) is 10.1 Å². The molecule has 2 N–H and O–H groups in total. The number of hydrazone groups is 1. The molecule has 1 heterocycles. The first-order chi connectivity index (χ1) is 14.5.